The molecule has 0 aromatic rings. The fourth-order valence-corrected chi connectivity index (χ4v) is 3.96. The molecule has 1 rings (SSSR count). The average Bonchev–Trinajstić information content (AvgIpc) is 2.44. The lowest BCUT2D eigenvalue weighted by Gasteiger charge is -2.42. The molecular formula is C20H39NO4Si. The molecule has 5 nitrogen and oxygen atoms in total. The van der Waals surface area contributed by atoms with E-state index >= 15 is 0 Å². The molecule has 1 aliphatic rings. The zero-order valence-electron chi connectivity index (χ0n) is 18.2. The predicted molar refractivity (Wildman–Crippen MR) is 109 cm³/mol. The number of carbonyl (C=O) groups is 1. The van der Waals surface area contributed by atoms with Crippen molar-refractivity contribution in [1.29, 1.82) is 0 Å². The Bertz CT molecular complexity index is 517. The van der Waals surface area contributed by atoms with Crippen molar-refractivity contribution in [2.75, 3.05) is 13.6 Å². The first-order valence-electron chi connectivity index (χ1n) is 9.63. The number of hydrogen-bond acceptors (Lipinski definition) is 4. The molecule has 1 aliphatic carbocycles. The quantitative estimate of drug-likeness (QED) is 0.550. The van der Waals surface area contributed by atoms with Crippen molar-refractivity contribution in [2.24, 2.45) is 0 Å². The second-order valence-electron chi connectivity index (χ2n) is 9.87. The minimum absolute atomic E-state index is 0.116. The molecule has 0 aliphatic heterocycles. The third kappa shape index (κ3) is 6.71. The SMILES string of the molecule is CN(CCC1=CCC[C@H](O[Si](C)(C)C(C)(C)C)[C@@H]1O)C(=O)OC(C)(C)C. The van der Waals surface area contributed by atoms with Gasteiger partial charge in [-0.1, -0.05) is 26.8 Å². The lowest BCUT2D eigenvalue weighted by atomic mass is 9.92. The highest BCUT2D eigenvalue weighted by molar-refractivity contribution is 6.74. The van der Waals surface area contributed by atoms with E-state index in [1.165, 1.54) is 0 Å². The van der Waals surface area contributed by atoms with Crippen molar-refractivity contribution >= 4 is 14.4 Å². The van der Waals surface area contributed by atoms with E-state index in [0.717, 1.165) is 18.4 Å². The van der Waals surface area contributed by atoms with Crippen molar-refractivity contribution in [1.82, 2.24) is 4.90 Å². The normalized spacial score (nSPS) is 22.0. The number of hydrogen-bond donors (Lipinski definition) is 1. The second-order valence-corrected chi connectivity index (χ2v) is 14.6. The highest BCUT2D eigenvalue weighted by atomic mass is 28.4. The maximum Gasteiger partial charge on any atom is 0.410 e. The topological polar surface area (TPSA) is 59.0 Å². The van der Waals surface area contributed by atoms with Gasteiger partial charge in [0.05, 0.1) is 12.2 Å². The van der Waals surface area contributed by atoms with E-state index in [9.17, 15) is 9.90 Å². The summed E-state index contributed by atoms with van der Waals surface area (Å²) in [5.74, 6) is 0. The van der Waals surface area contributed by atoms with Gasteiger partial charge >= 0.3 is 6.09 Å². The molecule has 26 heavy (non-hydrogen) atoms. The van der Waals surface area contributed by atoms with Gasteiger partial charge in [-0.3, -0.25) is 0 Å². The Hall–Kier alpha value is -0.853. The van der Waals surface area contributed by atoms with Gasteiger partial charge in [0.1, 0.15) is 5.60 Å². The molecule has 0 spiro atoms. The number of carbonyl (C=O) groups excluding carboxylic acids is 1. The third-order valence-corrected chi connectivity index (χ3v) is 9.79. The van der Waals surface area contributed by atoms with Crippen LogP contribution in [0.3, 0.4) is 0 Å². The summed E-state index contributed by atoms with van der Waals surface area (Å²) in [5, 5.41) is 10.9. The highest BCUT2D eigenvalue weighted by Gasteiger charge is 2.41. The van der Waals surface area contributed by atoms with Crippen LogP contribution < -0.4 is 0 Å². The van der Waals surface area contributed by atoms with Crippen molar-refractivity contribution in [2.45, 2.75) is 96.7 Å². The Morgan fingerprint density at radius 2 is 1.85 bits per heavy atom. The number of aliphatic hydroxyl groups excluding tert-OH is 1. The van der Waals surface area contributed by atoms with Gasteiger partial charge in [0.25, 0.3) is 0 Å². The van der Waals surface area contributed by atoms with Crippen molar-refractivity contribution < 1.29 is 19.1 Å². The first-order chi connectivity index (χ1) is 11.6. The van der Waals surface area contributed by atoms with Gasteiger partial charge in [-0.2, -0.15) is 0 Å². The molecule has 0 radical (unpaired) electrons. The van der Waals surface area contributed by atoms with Crippen LogP contribution in [0.2, 0.25) is 18.1 Å². The van der Waals surface area contributed by atoms with Gasteiger partial charge in [0.2, 0.25) is 0 Å². The van der Waals surface area contributed by atoms with Crippen LogP contribution >= 0.6 is 0 Å². The lowest BCUT2D eigenvalue weighted by molar-refractivity contribution is 0.0265. The molecule has 0 bridgehead atoms. The van der Waals surface area contributed by atoms with Crippen LogP contribution in [0, 0.1) is 0 Å². The number of aliphatic hydroxyl groups is 1. The largest absolute Gasteiger partial charge is 0.444 e. The Balaban J connectivity index is 2.64. The van der Waals surface area contributed by atoms with Crippen molar-refractivity contribution in [3.05, 3.63) is 11.6 Å². The Morgan fingerprint density at radius 3 is 2.35 bits per heavy atom. The van der Waals surface area contributed by atoms with E-state index in [-0.39, 0.29) is 17.2 Å². The van der Waals surface area contributed by atoms with E-state index < -0.39 is 20.0 Å². The minimum atomic E-state index is -1.92. The van der Waals surface area contributed by atoms with E-state index in [2.05, 4.69) is 39.9 Å². The molecule has 0 aromatic carbocycles. The van der Waals surface area contributed by atoms with Gasteiger partial charge in [-0.25, -0.2) is 4.79 Å². The highest BCUT2D eigenvalue weighted by Crippen LogP contribution is 2.39. The maximum atomic E-state index is 12.1. The molecule has 0 aromatic heterocycles. The standard InChI is InChI=1S/C20H39NO4Si/c1-19(2,3)24-18(23)21(7)14-13-15-11-10-12-16(17(15)22)25-26(8,9)20(4,5)6/h11,16-17,22H,10,12-14H2,1-9H3/t16-,17+/m0/s1. The summed E-state index contributed by atoms with van der Waals surface area (Å²) < 4.78 is 11.8. The van der Waals surface area contributed by atoms with E-state index in [1.54, 1.807) is 11.9 Å². The summed E-state index contributed by atoms with van der Waals surface area (Å²) >= 11 is 0. The summed E-state index contributed by atoms with van der Waals surface area (Å²) in [6, 6.07) is 0. The van der Waals surface area contributed by atoms with Gasteiger partial charge in [0, 0.05) is 13.6 Å². The molecule has 0 fully saturated rings. The molecule has 0 heterocycles. The van der Waals surface area contributed by atoms with Crippen LogP contribution in [0.1, 0.15) is 60.8 Å². The second kappa shape index (κ2) is 8.44. The monoisotopic (exact) mass is 385 g/mol. The van der Waals surface area contributed by atoms with E-state index in [4.69, 9.17) is 9.16 Å². The van der Waals surface area contributed by atoms with Crippen LogP contribution in [-0.2, 0) is 9.16 Å². The summed E-state index contributed by atoms with van der Waals surface area (Å²) in [6.07, 6.45) is 3.40. The first kappa shape index (κ1) is 23.2. The van der Waals surface area contributed by atoms with E-state index in [0.29, 0.717) is 13.0 Å². The molecule has 152 valence electrons. The first-order valence-corrected chi connectivity index (χ1v) is 12.5. The van der Waals surface area contributed by atoms with Crippen LogP contribution in [-0.4, -0.2) is 55.8 Å². The summed E-state index contributed by atoms with van der Waals surface area (Å²) in [5.41, 5.74) is 0.465. The minimum Gasteiger partial charge on any atom is -0.444 e. The van der Waals surface area contributed by atoms with Crippen molar-refractivity contribution in [3.8, 4) is 0 Å². The molecule has 2 atom stereocenters. The average molecular weight is 386 g/mol. The molecular weight excluding hydrogens is 346 g/mol. The Kier molecular flexibility index (Phi) is 7.53. The molecule has 6 heteroatoms. The summed E-state index contributed by atoms with van der Waals surface area (Å²) in [7, 11) is -0.195. The summed E-state index contributed by atoms with van der Waals surface area (Å²) in [6.45, 7) is 17.1. The molecule has 0 saturated heterocycles. The predicted octanol–water partition coefficient (Wildman–Crippen LogP) is 4.71. The van der Waals surface area contributed by atoms with Crippen LogP contribution in [0.5, 0.6) is 0 Å². The zero-order chi connectivity index (χ0) is 20.3. The fraction of sp³-hybridized carbons (Fsp3) is 0.850. The van der Waals surface area contributed by atoms with Gasteiger partial charge in [-0.15, -0.1) is 0 Å². The zero-order valence-corrected chi connectivity index (χ0v) is 19.2. The number of amides is 1. The third-order valence-electron chi connectivity index (χ3n) is 5.28. The van der Waals surface area contributed by atoms with Crippen LogP contribution in [0.15, 0.2) is 11.6 Å². The van der Waals surface area contributed by atoms with Crippen molar-refractivity contribution in [3.63, 3.8) is 0 Å². The fourth-order valence-electron chi connectivity index (χ4n) is 2.61. The number of allylic oxidation sites excluding steroid dienone is 1. The van der Waals surface area contributed by atoms with Gasteiger partial charge < -0.3 is 19.2 Å². The Labute approximate surface area is 160 Å². The van der Waals surface area contributed by atoms with Crippen LogP contribution in [0.25, 0.3) is 0 Å². The number of rotatable bonds is 5. The number of nitrogens with zero attached hydrogens (tertiary/aromatic N) is 1. The van der Waals surface area contributed by atoms with E-state index in [1.807, 2.05) is 20.8 Å². The molecule has 1 amide bonds. The van der Waals surface area contributed by atoms with Gasteiger partial charge in [0.15, 0.2) is 8.32 Å². The van der Waals surface area contributed by atoms with Crippen LogP contribution in [0.4, 0.5) is 4.79 Å². The smallest absolute Gasteiger partial charge is 0.410 e. The molecule has 0 unspecified atom stereocenters. The van der Waals surface area contributed by atoms with Gasteiger partial charge in [-0.05, 0) is 63.7 Å². The maximum absolute atomic E-state index is 12.1. The number of ether oxygens (including phenoxy) is 1. The molecule has 0 saturated carbocycles. The molecule has 1 N–H and O–H groups in total. The summed E-state index contributed by atoms with van der Waals surface area (Å²) in [4.78, 5) is 13.6. The lowest BCUT2D eigenvalue weighted by Crippen LogP contribution is -2.48. The Morgan fingerprint density at radius 1 is 1.27 bits per heavy atom.